The lowest BCUT2D eigenvalue weighted by atomic mass is 10.0. The van der Waals surface area contributed by atoms with Crippen LogP contribution < -0.4 is 4.72 Å². The number of aliphatic hydroxyl groups is 1. The molecule has 2 N–H and O–H groups in total. The Bertz CT molecular complexity index is 530. The van der Waals surface area contributed by atoms with Gasteiger partial charge in [-0.1, -0.05) is 26.0 Å². The van der Waals surface area contributed by atoms with E-state index in [4.69, 9.17) is 0 Å². The van der Waals surface area contributed by atoms with Crippen LogP contribution in [0.15, 0.2) is 29.2 Å². The lowest BCUT2D eigenvalue weighted by Gasteiger charge is -2.13. The molecule has 0 unspecified atom stereocenters. The normalized spacial score (nSPS) is 17.7. The molecule has 0 aliphatic heterocycles. The number of nitrogens with one attached hydrogen (secondary N) is 1. The largest absolute Gasteiger partial charge is 0.396 e. The van der Waals surface area contributed by atoms with Crippen LogP contribution in [0.25, 0.3) is 0 Å². The summed E-state index contributed by atoms with van der Waals surface area (Å²) in [6, 6.07) is 6.96. The van der Waals surface area contributed by atoms with E-state index in [0.717, 1.165) is 18.4 Å². The second kappa shape index (κ2) is 5.23. The fourth-order valence-corrected chi connectivity index (χ4v) is 3.09. The predicted molar refractivity (Wildman–Crippen MR) is 74.5 cm³/mol. The van der Waals surface area contributed by atoms with Gasteiger partial charge in [0.2, 0.25) is 10.0 Å². The molecule has 1 saturated carbocycles. The molecule has 2 rings (SSSR count). The van der Waals surface area contributed by atoms with Crippen molar-refractivity contribution in [1.29, 1.82) is 0 Å². The minimum Gasteiger partial charge on any atom is -0.396 e. The van der Waals surface area contributed by atoms with E-state index < -0.39 is 10.0 Å². The van der Waals surface area contributed by atoms with Gasteiger partial charge in [0.05, 0.1) is 4.90 Å². The predicted octanol–water partition coefficient (Wildman–Crippen LogP) is 1.86. The summed E-state index contributed by atoms with van der Waals surface area (Å²) < 4.78 is 26.8. The summed E-state index contributed by atoms with van der Waals surface area (Å²) in [5.74, 6) is 0.383. The second-order valence-electron chi connectivity index (χ2n) is 5.71. The van der Waals surface area contributed by atoms with Crippen molar-refractivity contribution in [1.82, 2.24) is 4.72 Å². The maximum Gasteiger partial charge on any atom is 0.240 e. The smallest absolute Gasteiger partial charge is 0.240 e. The third kappa shape index (κ3) is 3.35. The van der Waals surface area contributed by atoms with Crippen molar-refractivity contribution in [2.75, 3.05) is 13.2 Å². The Morgan fingerprint density at radius 1 is 1.26 bits per heavy atom. The molecule has 0 heterocycles. The van der Waals surface area contributed by atoms with Crippen LogP contribution in [0, 0.1) is 5.41 Å². The SMILES string of the molecule is CC(C)c1ccc(S(=O)(=O)NCC2(CO)CC2)cc1. The van der Waals surface area contributed by atoms with Gasteiger partial charge in [0.15, 0.2) is 0 Å². The van der Waals surface area contributed by atoms with E-state index in [1.54, 1.807) is 12.1 Å². The average molecular weight is 283 g/mol. The number of rotatable bonds is 6. The number of sulfonamides is 1. The molecule has 1 aliphatic carbocycles. The summed E-state index contributed by atoms with van der Waals surface area (Å²) in [5.41, 5.74) is 0.901. The summed E-state index contributed by atoms with van der Waals surface area (Å²) in [7, 11) is -3.47. The summed E-state index contributed by atoms with van der Waals surface area (Å²) in [4.78, 5) is 0.283. The van der Waals surface area contributed by atoms with Gasteiger partial charge in [-0.15, -0.1) is 0 Å². The Kier molecular flexibility index (Phi) is 3.99. The number of aliphatic hydroxyl groups excluding tert-OH is 1. The van der Waals surface area contributed by atoms with Crippen LogP contribution in [0.4, 0.5) is 0 Å². The molecule has 0 spiro atoms. The molecular formula is C14H21NO3S. The van der Waals surface area contributed by atoms with E-state index in [0.29, 0.717) is 12.5 Å². The summed E-state index contributed by atoms with van der Waals surface area (Å²) >= 11 is 0. The number of hydrogen-bond donors (Lipinski definition) is 2. The highest BCUT2D eigenvalue weighted by atomic mass is 32.2. The van der Waals surface area contributed by atoms with Crippen molar-refractivity contribution < 1.29 is 13.5 Å². The number of benzene rings is 1. The first-order valence-electron chi connectivity index (χ1n) is 6.59. The zero-order valence-corrected chi connectivity index (χ0v) is 12.2. The number of hydrogen-bond acceptors (Lipinski definition) is 3. The average Bonchev–Trinajstić information content (AvgIpc) is 3.17. The van der Waals surface area contributed by atoms with Crippen molar-refractivity contribution in [3.8, 4) is 0 Å². The van der Waals surface area contributed by atoms with Gasteiger partial charge in [-0.25, -0.2) is 13.1 Å². The van der Waals surface area contributed by atoms with Crippen LogP contribution in [0.2, 0.25) is 0 Å². The Balaban J connectivity index is 2.06. The monoisotopic (exact) mass is 283 g/mol. The Hall–Kier alpha value is -0.910. The Morgan fingerprint density at radius 3 is 2.26 bits per heavy atom. The van der Waals surface area contributed by atoms with Crippen LogP contribution in [-0.2, 0) is 10.0 Å². The molecule has 1 aromatic rings. The minimum absolute atomic E-state index is 0.0435. The van der Waals surface area contributed by atoms with E-state index in [-0.39, 0.29) is 16.9 Å². The van der Waals surface area contributed by atoms with Crippen molar-refractivity contribution >= 4 is 10.0 Å². The quantitative estimate of drug-likeness (QED) is 0.837. The van der Waals surface area contributed by atoms with Gasteiger partial charge in [-0.05, 0) is 36.5 Å². The molecule has 0 bridgehead atoms. The Labute approximate surface area is 114 Å². The third-order valence-corrected chi connectivity index (χ3v) is 5.20. The highest BCUT2D eigenvalue weighted by molar-refractivity contribution is 7.89. The molecule has 19 heavy (non-hydrogen) atoms. The van der Waals surface area contributed by atoms with Crippen LogP contribution in [0.3, 0.4) is 0 Å². The molecule has 106 valence electrons. The van der Waals surface area contributed by atoms with E-state index in [1.807, 2.05) is 12.1 Å². The highest BCUT2D eigenvalue weighted by Crippen LogP contribution is 2.44. The summed E-state index contributed by atoms with van der Waals surface area (Å²) in [5, 5.41) is 9.19. The fourth-order valence-electron chi connectivity index (χ4n) is 1.93. The topological polar surface area (TPSA) is 66.4 Å². The first kappa shape index (κ1) is 14.5. The van der Waals surface area contributed by atoms with Crippen LogP contribution in [0.1, 0.15) is 38.2 Å². The van der Waals surface area contributed by atoms with E-state index in [9.17, 15) is 13.5 Å². The van der Waals surface area contributed by atoms with Gasteiger partial charge in [0.25, 0.3) is 0 Å². The molecule has 0 atom stereocenters. The Morgan fingerprint density at radius 2 is 1.84 bits per heavy atom. The molecule has 0 aromatic heterocycles. The molecule has 4 nitrogen and oxygen atoms in total. The van der Waals surface area contributed by atoms with Crippen LogP contribution >= 0.6 is 0 Å². The van der Waals surface area contributed by atoms with Gasteiger partial charge in [-0.3, -0.25) is 0 Å². The zero-order valence-electron chi connectivity index (χ0n) is 11.4. The van der Waals surface area contributed by atoms with E-state index >= 15 is 0 Å². The molecular weight excluding hydrogens is 262 g/mol. The molecule has 1 fully saturated rings. The second-order valence-corrected chi connectivity index (χ2v) is 7.47. The van der Waals surface area contributed by atoms with Crippen molar-refractivity contribution in [2.45, 2.75) is 37.5 Å². The fraction of sp³-hybridized carbons (Fsp3) is 0.571. The van der Waals surface area contributed by atoms with Crippen molar-refractivity contribution in [3.63, 3.8) is 0 Å². The standard InChI is InChI=1S/C14H21NO3S/c1-11(2)12-3-5-13(6-4-12)19(17,18)15-9-14(10-16)7-8-14/h3-6,11,15-16H,7-10H2,1-2H3. The van der Waals surface area contributed by atoms with Gasteiger partial charge in [-0.2, -0.15) is 0 Å². The molecule has 5 heteroatoms. The minimum atomic E-state index is -3.47. The van der Waals surface area contributed by atoms with E-state index in [2.05, 4.69) is 18.6 Å². The lowest BCUT2D eigenvalue weighted by molar-refractivity contribution is 0.213. The maximum atomic E-state index is 12.1. The molecule has 0 amide bonds. The van der Waals surface area contributed by atoms with Crippen molar-refractivity contribution in [3.05, 3.63) is 29.8 Å². The van der Waals surface area contributed by atoms with Gasteiger partial charge >= 0.3 is 0 Å². The third-order valence-electron chi connectivity index (χ3n) is 3.79. The molecule has 0 radical (unpaired) electrons. The van der Waals surface area contributed by atoms with Gasteiger partial charge < -0.3 is 5.11 Å². The van der Waals surface area contributed by atoms with E-state index in [1.165, 1.54) is 0 Å². The van der Waals surface area contributed by atoms with Crippen LogP contribution in [-0.4, -0.2) is 26.7 Å². The summed E-state index contributed by atoms with van der Waals surface area (Å²) in [6.07, 6.45) is 1.77. The maximum absolute atomic E-state index is 12.1. The first-order chi connectivity index (χ1) is 8.88. The summed E-state index contributed by atoms with van der Waals surface area (Å²) in [6.45, 7) is 4.50. The molecule has 1 aromatic carbocycles. The molecule has 0 saturated heterocycles. The first-order valence-corrected chi connectivity index (χ1v) is 8.07. The highest BCUT2D eigenvalue weighted by Gasteiger charge is 2.42. The van der Waals surface area contributed by atoms with Gasteiger partial charge in [0, 0.05) is 18.6 Å². The van der Waals surface area contributed by atoms with Crippen molar-refractivity contribution in [2.24, 2.45) is 5.41 Å². The lowest BCUT2D eigenvalue weighted by Crippen LogP contribution is -2.31. The van der Waals surface area contributed by atoms with Gasteiger partial charge in [0.1, 0.15) is 0 Å². The van der Waals surface area contributed by atoms with Crippen LogP contribution in [0.5, 0.6) is 0 Å². The molecule has 1 aliphatic rings. The zero-order chi connectivity index (χ0) is 14.1.